The molecule has 0 amide bonds. The third-order valence-corrected chi connectivity index (χ3v) is 2.23. The van der Waals surface area contributed by atoms with Crippen LogP contribution in [0.1, 0.15) is 33.0 Å². The van der Waals surface area contributed by atoms with Crippen molar-refractivity contribution in [2.24, 2.45) is 13.0 Å². The Labute approximate surface area is 91.2 Å². The predicted octanol–water partition coefficient (Wildman–Crippen LogP) is 0.777. The number of rotatable bonds is 6. The van der Waals surface area contributed by atoms with Crippen LogP contribution in [0, 0.1) is 5.92 Å². The van der Waals surface area contributed by atoms with E-state index in [4.69, 9.17) is 0 Å². The zero-order valence-electron chi connectivity index (χ0n) is 10.1. The molecule has 1 N–H and O–H groups in total. The molecule has 0 fully saturated rings. The smallest absolute Gasteiger partial charge is 0.176 e. The van der Waals surface area contributed by atoms with Gasteiger partial charge in [0.2, 0.25) is 0 Å². The Kier molecular flexibility index (Phi) is 4.68. The van der Waals surface area contributed by atoms with Crippen molar-refractivity contribution in [3.05, 3.63) is 5.82 Å². The van der Waals surface area contributed by atoms with Gasteiger partial charge in [-0.1, -0.05) is 20.8 Å². The fraction of sp³-hybridized carbons (Fsp3) is 0.900. The summed E-state index contributed by atoms with van der Waals surface area (Å²) in [4.78, 5) is 1.51. The SMILES string of the molecule is CCNC(Cc1nnn(C)n1)CC(C)C. The van der Waals surface area contributed by atoms with Crippen LogP contribution in [0.2, 0.25) is 0 Å². The second kappa shape index (κ2) is 5.80. The standard InChI is InChI=1S/C10H21N5/c1-5-11-9(6-8(2)3)7-10-12-14-15(4)13-10/h8-9,11H,5-7H2,1-4H3. The van der Waals surface area contributed by atoms with Gasteiger partial charge >= 0.3 is 0 Å². The fourth-order valence-corrected chi connectivity index (χ4v) is 1.72. The van der Waals surface area contributed by atoms with Gasteiger partial charge in [-0.25, -0.2) is 0 Å². The largest absolute Gasteiger partial charge is 0.314 e. The molecule has 0 spiro atoms. The third kappa shape index (κ3) is 4.38. The summed E-state index contributed by atoms with van der Waals surface area (Å²) in [6, 6.07) is 0.458. The monoisotopic (exact) mass is 211 g/mol. The molecule has 0 aliphatic heterocycles. The van der Waals surface area contributed by atoms with Crippen LogP contribution in [0.5, 0.6) is 0 Å². The van der Waals surface area contributed by atoms with E-state index in [0.29, 0.717) is 12.0 Å². The molecule has 0 saturated carbocycles. The van der Waals surface area contributed by atoms with Gasteiger partial charge in [-0.3, -0.25) is 0 Å². The van der Waals surface area contributed by atoms with E-state index in [0.717, 1.165) is 25.2 Å². The molecule has 1 rings (SSSR count). The lowest BCUT2D eigenvalue weighted by molar-refractivity contribution is 0.417. The van der Waals surface area contributed by atoms with E-state index in [1.165, 1.54) is 4.80 Å². The van der Waals surface area contributed by atoms with Crippen molar-refractivity contribution < 1.29 is 0 Å². The molecule has 1 aromatic heterocycles. The first-order chi connectivity index (χ1) is 7.11. The summed E-state index contributed by atoms with van der Waals surface area (Å²) in [5.41, 5.74) is 0. The van der Waals surface area contributed by atoms with Gasteiger partial charge in [0.15, 0.2) is 5.82 Å². The van der Waals surface area contributed by atoms with Gasteiger partial charge in [0.05, 0.1) is 7.05 Å². The summed E-state index contributed by atoms with van der Waals surface area (Å²) >= 11 is 0. The van der Waals surface area contributed by atoms with Crippen molar-refractivity contribution in [2.75, 3.05) is 6.54 Å². The quantitative estimate of drug-likeness (QED) is 0.755. The van der Waals surface area contributed by atoms with Crippen LogP contribution in [-0.4, -0.2) is 32.8 Å². The Bertz CT molecular complexity index is 281. The number of tetrazole rings is 1. The predicted molar refractivity (Wildman–Crippen MR) is 59.4 cm³/mol. The summed E-state index contributed by atoms with van der Waals surface area (Å²) < 4.78 is 0. The number of hydrogen-bond acceptors (Lipinski definition) is 4. The Hall–Kier alpha value is -0.970. The van der Waals surface area contributed by atoms with Gasteiger partial charge in [-0.15, -0.1) is 10.2 Å². The van der Waals surface area contributed by atoms with Crippen molar-refractivity contribution in [3.63, 3.8) is 0 Å². The zero-order chi connectivity index (χ0) is 11.3. The Morgan fingerprint density at radius 2 is 2.13 bits per heavy atom. The van der Waals surface area contributed by atoms with Gasteiger partial charge < -0.3 is 5.32 Å². The normalized spacial score (nSPS) is 13.4. The summed E-state index contributed by atoms with van der Waals surface area (Å²) in [5, 5.41) is 15.5. The molecule has 86 valence electrons. The maximum Gasteiger partial charge on any atom is 0.176 e. The van der Waals surface area contributed by atoms with Gasteiger partial charge in [-0.05, 0) is 24.1 Å². The number of hydrogen-bond donors (Lipinski definition) is 1. The van der Waals surface area contributed by atoms with Gasteiger partial charge in [-0.2, -0.15) is 4.80 Å². The average Bonchev–Trinajstić information content (AvgIpc) is 2.50. The fourth-order valence-electron chi connectivity index (χ4n) is 1.72. The van der Waals surface area contributed by atoms with E-state index in [2.05, 4.69) is 41.5 Å². The molecule has 1 atom stereocenters. The van der Waals surface area contributed by atoms with E-state index in [9.17, 15) is 0 Å². The van der Waals surface area contributed by atoms with Gasteiger partial charge in [0.25, 0.3) is 0 Å². The molecule has 0 radical (unpaired) electrons. The molecule has 5 heteroatoms. The second-order valence-corrected chi connectivity index (χ2v) is 4.28. The highest BCUT2D eigenvalue weighted by Gasteiger charge is 2.13. The first kappa shape index (κ1) is 12.1. The number of nitrogens with one attached hydrogen (secondary N) is 1. The highest BCUT2D eigenvalue weighted by atomic mass is 15.6. The highest BCUT2D eigenvalue weighted by Crippen LogP contribution is 2.07. The number of aromatic nitrogens is 4. The molecule has 0 aliphatic carbocycles. The molecule has 5 nitrogen and oxygen atoms in total. The molecular formula is C10H21N5. The Morgan fingerprint density at radius 3 is 2.60 bits per heavy atom. The topological polar surface area (TPSA) is 55.6 Å². The van der Waals surface area contributed by atoms with Crippen molar-refractivity contribution in [3.8, 4) is 0 Å². The van der Waals surface area contributed by atoms with Crippen LogP contribution in [0.4, 0.5) is 0 Å². The molecule has 0 aliphatic rings. The van der Waals surface area contributed by atoms with Crippen LogP contribution in [0.25, 0.3) is 0 Å². The molecule has 0 saturated heterocycles. The minimum atomic E-state index is 0.458. The minimum Gasteiger partial charge on any atom is -0.314 e. The average molecular weight is 211 g/mol. The maximum atomic E-state index is 4.19. The van der Waals surface area contributed by atoms with E-state index in [1.54, 1.807) is 7.05 Å². The molecular weight excluding hydrogens is 190 g/mol. The van der Waals surface area contributed by atoms with E-state index < -0.39 is 0 Å². The van der Waals surface area contributed by atoms with Crippen LogP contribution in [-0.2, 0) is 13.5 Å². The van der Waals surface area contributed by atoms with Crippen LogP contribution in [0.3, 0.4) is 0 Å². The molecule has 1 unspecified atom stereocenters. The first-order valence-electron chi connectivity index (χ1n) is 5.58. The molecule has 15 heavy (non-hydrogen) atoms. The lowest BCUT2D eigenvalue weighted by Crippen LogP contribution is -2.32. The number of nitrogens with zero attached hydrogens (tertiary/aromatic N) is 4. The Balaban J connectivity index is 2.50. The van der Waals surface area contributed by atoms with E-state index in [-0.39, 0.29) is 0 Å². The number of aryl methyl sites for hydroxylation is 1. The highest BCUT2D eigenvalue weighted by molar-refractivity contribution is 4.84. The summed E-state index contributed by atoms with van der Waals surface area (Å²) in [6.45, 7) is 7.57. The molecule has 0 aromatic carbocycles. The van der Waals surface area contributed by atoms with E-state index >= 15 is 0 Å². The number of likely N-dealkylation sites (N-methyl/N-ethyl adjacent to an activating group) is 1. The van der Waals surface area contributed by atoms with Crippen molar-refractivity contribution in [2.45, 2.75) is 39.7 Å². The Morgan fingerprint density at radius 1 is 1.40 bits per heavy atom. The minimum absolute atomic E-state index is 0.458. The van der Waals surface area contributed by atoms with Crippen molar-refractivity contribution >= 4 is 0 Å². The lowest BCUT2D eigenvalue weighted by Gasteiger charge is -2.17. The molecule has 0 bridgehead atoms. The van der Waals surface area contributed by atoms with Crippen LogP contribution < -0.4 is 5.32 Å². The van der Waals surface area contributed by atoms with Crippen molar-refractivity contribution in [1.29, 1.82) is 0 Å². The van der Waals surface area contributed by atoms with Crippen LogP contribution >= 0.6 is 0 Å². The van der Waals surface area contributed by atoms with E-state index in [1.807, 2.05) is 0 Å². The third-order valence-electron chi connectivity index (χ3n) is 2.23. The van der Waals surface area contributed by atoms with Crippen molar-refractivity contribution in [1.82, 2.24) is 25.5 Å². The molecule has 1 aromatic rings. The summed E-state index contributed by atoms with van der Waals surface area (Å²) in [5.74, 6) is 1.51. The first-order valence-corrected chi connectivity index (χ1v) is 5.58. The summed E-state index contributed by atoms with van der Waals surface area (Å²) in [6.07, 6.45) is 2.01. The van der Waals surface area contributed by atoms with Gasteiger partial charge in [0.1, 0.15) is 0 Å². The second-order valence-electron chi connectivity index (χ2n) is 4.28. The van der Waals surface area contributed by atoms with Gasteiger partial charge in [0, 0.05) is 12.5 Å². The van der Waals surface area contributed by atoms with Crippen LogP contribution in [0.15, 0.2) is 0 Å². The molecule has 1 heterocycles. The lowest BCUT2D eigenvalue weighted by atomic mass is 10.0. The maximum absolute atomic E-state index is 4.19. The summed E-state index contributed by atoms with van der Waals surface area (Å²) in [7, 11) is 1.79. The zero-order valence-corrected chi connectivity index (χ0v) is 10.1.